The van der Waals surface area contributed by atoms with E-state index in [1.54, 1.807) is 12.4 Å². The lowest BCUT2D eigenvalue weighted by molar-refractivity contribution is -0.116. The molecular weight excluding hydrogens is 236 g/mol. The molecule has 0 aliphatic heterocycles. The number of pyridine rings is 1. The fraction of sp³-hybridized carbons (Fsp3) is 0.231. The van der Waals surface area contributed by atoms with Crippen LogP contribution < -0.4 is 5.32 Å². The van der Waals surface area contributed by atoms with Gasteiger partial charge in [0.05, 0.1) is 5.69 Å². The number of aromatic nitrogens is 1. The van der Waals surface area contributed by atoms with Gasteiger partial charge in [-0.25, -0.2) is 0 Å². The number of halogens is 1. The van der Waals surface area contributed by atoms with Crippen molar-refractivity contribution in [3.05, 3.63) is 36.7 Å². The van der Waals surface area contributed by atoms with Crippen molar-refractivity contribution in [3.63, 3.8) is 0 Å². The third-order valence-corrected chi connectivity index (χ3v) is 2.76. The minimum Gasteiger partial charge on any atom is -0.325 e. The summed E-state index contributed by atoms with van der Waals surface area (Å²) in [4.78, 5) is 15.7. The van der Waals surface area contributed by atoms with E-state index in [1.165, 1.54) is 0 Å². The molecule has 2 rings (SSSR count). The number of nitrogens with zero attached hydrogens (tertiary/aromatic N) is 1. The zero-order valence-electron chi connectivity index (χ0n) is 9.32. The summed E-state index contributed by atoms with van der Waals surface area (Å²) in [5.74, 6) is 0.492. The lowest BCUT2D eigenvalue weighted by atomic mass is 10.1. The third-order valence-electron chi connectivity index (χ3n) is 2.50. The lowest BCUT2D eigenvalue weighted by Gasteiger charge is -2.07. The predicted molar refractivity (Wildman–Crippen MR) is 70.3 cm³/mol. The Morgan fingerprint density at radius 2 is 2.24 bits per heavy atom. The molecule has 0 saturated heterocycles. The van der Waals surface area contributed by atoms with Gasteiger partial charge in [-0.2, -0.15) is 0 Å². The van der Waals surface area contributed by atoms with E-state index in [0.29, 0.717) is 18.7 Å². The van der Waals surface area contributed by atoms with Crippen LogP contribution in [0.5, 0.6) is 0 Å². The maximum Gasteiger partial charge on any atom is 0.224 e. The van der Waals surface area contributed by atoms with E-state index in [0.717, 1.165) is 16.5 Å². The molecule has 17 heavy (non-hydrogen) atoms. The van der Waals surface area contributed by atoms with Crippen molar-refractivity contribution < 1.29 is 4.79 Å². The molecule has 0 saturated carbocycles. The van der Waals surface area contributed by atoms with E-state index >= 15 is 0 Å². The zero-order chi connectivity index (χ0) is 12.1. The first-order valence-corrected chi connectivity index (χ1v) is 6.03. The summed E-state index contributed by atoms with van der Waals surface area (Å²) in [7, 11) is 0. The molecule has 1 heterocycles. The molecule has 0 aliphatic carbocycles. The van der Waals surface area contributed by atoms with Gasteiger partial charge in [0.2, 0.25) is 5.91 Å². The first-order valence-electron chi connectivity index (χ1n) is 5.50. The molecule has 0 fully saturated rings. The van der Waals surface area contributed by atoms with Crippen molar-refractivity contribution in [2.75, 3.05) is 11.2 Å². The highest BCUT2D eigenvalue weighted by Crippen LogP contribution is 2.22. The highest BCUT2D eigenvalue weighted by molar-refractivity contribution is 6.18. The number of alkyl halides is 1. The summed E-state index contributed by atoms with van der Waals surface area (Å²) >= 11 is 5.55. The number of amides is 1. The molecule has 1 aromatic heterocycles. The Hall–Kier alpha value is -1.61. The third kappa shape index (κ3) is 2.94. The lowest BCUT2D eigenvalue weighted by Crippen LogP contribution is -2.11. The van der Waals surface area contributed by atoms with Crippen molar-refractivity contribution in [1.29, 1.82) is 0 Å². The van der Waals surface area contributed by atoms with Gasteiger partial charge >= 0.3 is 0 Å². The zero-order valence-corrected chi connectivity index (χ0v) is 10.1. The number of fused-ring (bicyclic) bond motifs is 1. The molecular formula is C13H13ClN2O. The Kier molecular flexibility index (Phi) is 3.94. The number of carbonyl (C=O) groups excluding carboxylic acids is 1. The molecule has 1 N–H and O–H groups in total. The van der Waals surface area contributed by atoms with Crippen LogP contribution >= 0.6 is 11.6 Å². The number of hydrogen-bond acceptors (Lipinski definition) is 2. The van der Waals surface area contributed by atoms with Crippen molar-refractivity contribution in [3.8, 4) is 0 Å². The smallest absolute Gasteiger partial charge is 0.224 e. The summed E-state index contributed by atoms with van der Waals surface area (Å²) in [5.41, 5.74) is 0.801. The topological polar surface area (TPSA) is 42.0 Å². The fourth-order valence-electron chi connectivity index (χ4n) is 1.66. The van der Waals surface area contributed by atoms with Gasteiger partial charge in [-0.1, -0.05) is 12.1 Å². The Bertz CT molecular complexity index is 522. The number of hydrogen-bond donors (Lipinski definition) is 1. The number of anilines is 1. The summed E-state index contributed by atoms with van der Waals surface area (Å²) < 4.78 is 0. The Labute approximate surface area is 105 Å². The van der Waals surface area contributed by atoms with Gasteiger partial charge in [-0.05, 0) is 23.9 Å². The van der Waals surface area contributed by atoms with Crippen LogP contribution in [0.25, 0.3) is 10.8 Å². The quantitative estimate of drug-likeness (QED) is 0.845. The number of benzene rings is 1. The van der Waals surface area contributed by atoms with E-state index in [1.807, 2.05) is 24.3 Å². The summed E-state index contributed by atoms with van der Waals surface area (Å²) in [6, 6.07) is 7.71. The summed E-state index contributed by atoms with van der Waals surface area (Å²) in [6.07, 6.45) is 4.63. The highest BCUT2D eigenvalue weighted by Gasteiger charge is 2.05. The van der Waals surface area contributed by atoms with Crippen LogP contribution in [0.2, 0.25) is 0 Å². The molecule has 88 valence electrons. The number of nitrogens with one attached hydrogen (secondary N) is 1. The van der Waals surface area contributed by atoms with Crippen LogP contribution in [0.3, 0.4) is 0 Å². The average Bonchev–Trinajstić information content (AvgIpc) is 2.37. The molecule has 0 unspecified atom stereocenters. The molecule has 0 radical (unpaired) electrons. The first-order chi connectivity index (χ1) is 8.31. The van der Waals surface area contributed by atoms with Crippen molar-refractivity contribution in [2.45, 2.75) is 12.8 Å². The second-order valence-electron chi connectivity index (χ2n) is 3.74. The van der Waals surface area contributed by atoms with Crippen LogP contribution in [-0.2, 0) is 4.79 Å². The van der Waals surface area contributed by atoms with Gasteiger partial charge in [0.25, 0.3) is 0 Å². The normalized spacial score (nSPS) is 10.4. The van der Waals surface area contributed by atoms with Crippen LogP contribution in [-0.4, -0.2) is 16.8 Å². The molecule has 0 aliphatic rings. The van der Waals surface area contributed by atoms with Crippen LogP contribution in [0.1, 0.15) is 12.8 Å². The predicted octanol–water partition coefficient (Wildman–Crippen LogP) is 3.19. The second kappa shape index (κ2) is 5.64. The van der Waals surface area contributed by atoms with Crippen LogP contribution in [0.4, 0.5) is 5.69 Å². The van der Waals surface area contributed by atoms with E-state index in [4.69, 9.17) is 11.6 Å². The molecule has 1 amide bonds. The van der Waals surface area contributed by atoms with E-state index in [2.05, 4.69) is 10.3 Å². The van der Waals surface area contributed by atoms with E-state index in [-0.39, 0.29) is 5.91 Å². The Morgan fingerprint density at radius 3 is 3.06 bits per heavy atom. The molecule has 0 bridgehead atoms. The Balaban J connectivity index is 2.21. The van der Waals surface area contributed by atoms with Gasteiger partial charge in [-0.3, -0.25) is 9.78 Å². The second-order valence-corrected chi connectivity index (χ2v) is 4.12. The monoisotopic (exact) mass is 248 g/mol. The maximum absolute atomic E-state index is 11.6. The Morgan fingerprint density at radius 1 is 1.35 bits per heavy atom. The van der Waals surface area contributed by atoms with Crippen LogP contribution in [0, 0.1) is 0 Å². The van der Waals surface area contributed by atoms with E-state index < -0.39 is 0 Å². The van der Waals surface area contributed by atoms with Gasteiger partial charge < -0.3 is 5.32 Å². The van der Waals surface area contributed by atoms with Crippen LogP contribution in [0.15, 0.2) is 36.7 Å². The van der Waals surface area contributed by atoms with Crippen molar-refractivity contribution in [1.82, 2.24) is 4.98 Å². The minimum atomic E-state index is -0.0120. The van der Waals surface area contributed by atoms with Crippen molar-refractivity contribution in [2.24, 2.45) is 0 Å². The number of carbonyl (C=O) groups is 1. The molecule has 2 aromatic rings. The largest absolute Gasteiger partial charge is 0.325 e. The average molecular weight is 249 g/mol. The number of rotatable bonds is 4. The van der Waals surface area contributed by atoms with Crippen molar-refractivity contribution >= 4 is 34.0 Å². The summed E-state index contributed by atoms with van der Waals surface area (Å²) in [6.45, 7) is 0. The first kappa shape index (κ1) is 11.9. The van der Waals surface area contributed by atoms with Gasteiger partial charge in [0.15, 0.2) is 0 Å². The SMILES string of the molecule is O=C(CCCCl)Nc1cccc2ccncc12. The summed E-state index contributed by atoms with van der Waals surface area (Å²) in [5, 5.41) is 4.90. The molecule has 0 spiro atoms. The fourth-order valence-corrected chi connectivity index (χ4v) is 1.80. The molecule has 3 nitrogen and oxygen atoms in total. The molecule has 1 aromatic carbocycles. The molecule has 0 atom stereocenters. The van der Waals surface area contributed by atoms with Gasteiger partial charge in [0.1, 0.15) is 0 Å². The highest BCUT2D eigenvalue weighted by atomic mass is 35.5. The standard InChI is InChI=1S/C13H13ClN2O/c14-7-2-5-13(17)16-12-4-1-3-10-6-8-15-9-11(10)12/h1,3-4,6,8-9H,2,5,7H2,(H,16,17). The van der Waals surface area contributed by atoms with E-state index in [9.17, 15) is 4.79 Å². The van der Waals surface area contributed by atoms with Gasteiger partial charge in [0, 0.05) is 30.1 Å². The molecule has 4 heteroatoms. The van der Waals surface area contributed by atoms with Gasteiger partial charge in [-0.15, -0.1) is 11.6 Å². The minimum absolute atomic E-state index is 0.0120. The maximum atomic E-state index is 11.6.